The molecule has 1 fully saturated rings. The van der Waals surface area contributed by atoms with E-state index in [1.165, 1.54) is 11.3 Å². The standard InChI is InChI=1S/C19H17N3O4S/c23-16(20-19-22-21-17(27-19)10-4-5-10)9-25-11-6-7-13-12-2-1-3-14(12)18(24)26-15(13)8-11/h6-8,10H,1-5,9H2,(H,20,22,23). The van der Waals surface area contributed by atoms with E-state index in [2.05, 4.69) is 15.5 Å². The van der Waals surface area contributed by atoms with Crippen molar-refractivity contribution >= 4 is 33.3 Å². The lowest BCUT2D eigenvalue weighted by Gasteiger charge is -2.08. The number of carbonyl (C=O) groups is 1. The zero-order chi connectivity index (χ0) is 18.4. The predicted octanol–water partition coefficient (Wildman–Crippen LogP) is 3.03. The van der Waals surface area contributed by atoms with Crippen LogP contribution in [0.1, 0.15) is 41.3 Å². The third-order valence-corrected chi connectivity index (χ3v) is 5.93. The fourth-order valence-corrected chi connectivity index (χ4v) is 4.37. The van der Waals surface area contributed by atoms with Crippen LogP contribution >= 0.6 is 11.3 Å². The van der Waals surface area contributed by atoms with E-state index in [1.807, 2.05) is 6.07 Å². The summed E-state index contributed by atoms with van der Waals surface area (Å²) in [6.07, 6.45) is 4.94. The van der Waals surface area contributed by atoms with Crippen LogP contribution in [-0.4, -0.2) is 22.7 Å². The van der Waals surface area contributed by atoms with Crippen molar-refractivity contribution in [2.24, 2.45) is 0 Å². The first-order chi connectivity index (χ1) is 13.2. The third kappa shape index (κ3) is 3.21. The minimum absolute atomic E-state index is 0.154. The normalized spacial score (nSPS) is 15.7. The molecule has 0 spiro atoms. The van der Waals surface area contributed by atoms with E-state index in [9.17, 15) is 9.59 Å². The van der Waals surface area contributed by atoms with Crippen molar-refractivity contribution in [3.63, 3.8) is 0 Å². The summed E-state index contributed by atoms with van der Waals surface area (Å²) in [7, 11) is 0. The lowest BCUT2D eigenvalue weighted by molar-refractivity contribution is -0.118. The van der Waals surface area contributed by atoms with Gasteiger partial charge in [0.15, 0.2) is 6.61 Å². The molecule has 0 aliphatic heterocycles. The molecule has 1 saturated carbocycles. The number of aryl methyl sites for hydroxylation is 1. The molecule has 1 aromatic carbocycles. The molecule has 0 atom stereocenters. The van der Waals surface area contributed by atoms with Gasteiger partial charge >= 0.3 is 5.63 Å². The van der Waals surface area contributed by atoms with Crippen LogP contribution in [0, 0.1) is 0 Å². The molecule has 27 heavy (non-hydrogen) atoms. The van der Waals surface area contributed by atoms with Crippen LogP contribution in [0.5, 0.6) is 5.75 Å². The molecule has 1 N–H and O–H groups in total. The van der Waals surface area contributed by atoms with Gasteiger partial charge in [0.25, 0.3) is 5.91 Å². The van der Waals surface area contributed by atoms with Crippen molar-refractivity contribution in [2.75, 3.05) is 11.9 Å². The Morgan fingerprint density at radius 2 is 2.11 bits per heavy atom. The average Bonchev–Trinajstić information content (AvgIpc) is 3.20. The van der Waals surface area contributed by atoms with Crippen LogP contribution in [-0.2, 0) is 17.6 Å². The number of fused-ring (bicyclic) bond motifs is 3. The zero-order valence-electron chi connectivity index (χ0n) is 14.5. The first-order valence-corrected chi connectivity index (χ1v) is 9.84. The van der Waals surface area contributed by atoms with E-state index in [1.54, 1.807) is 12.1 Å². The second-order valence-corrected chi connectivity index (χ2v) is 7.92. The van der Waals surface area contributed by atoms with Gasteiger partial charge in [0, 0.05) is 22.9 Å². The molecule has 7 nitrogen and oxygen atoms in total. The van der Waals surface area contributed by atoms with Crippen LogP contribution in [0.2, 0.25) is 0 Å². The smallest absolute Gasteiger partial charge is 0.339 e. The highest BCUT2D eigenvalue weighted by Gasteiger charge is 2.27. The summed E-state index contributed by atoms with van der Waals surface area (Å²) >= 11 is 1.41. The number of aromatic nitrogens is 2. The van der Waals surface area contributed by atoms with E-state index in [0.29, 0.717) is 22.4 Å². The van der Waals surface area contributed by atoms with Crippen molar-refractivity contribution in [3.05, 3.63) is 44.8 Å². The number of anilines is 1. The van der Waals surface area contributed by atoms with Gasteiger partial charge in [-0.3, -0.25) is 10.1 Å². The van der Waals surface area contributed by atoms with Crippen LogP contribution in [0.25, 0.3) is 11.0 Å². The van der Waals surface area contributed by atoms with Gasteiger partial charge in [-0.1, -0.05) is 11.3 Å². The van der Waals surface area contributed by atoms with Gasteiger partial charge in [-0.05, 0) is 49.8 Å². The van der Waals surface area contributed by atoms with Crippen molar-refractivity contribution in [1.82, 2.24) is 10.2 Å². The molecule has 2 aliphatic rings. The summed E-state index contributed by atoms with van der Waals surface area (Å²) in [5.41, 5.74) is 2.09. The highest BCUT2D eigenvalue weighted by molar-refractivity contribution is 7.15. The molecule has 0 bridgehead atoms. The predicted molar refractivity (Wildman–Crippen MR) is 101 cm³/mol. The van der Waals surface area contributed by atoms with Crippen molar-refractivity contribution in [2.45, 2.75) is 38.0 Å². The Morgan fingerprint density at radius 3 is 2.96 bits per heavy atom. The summed E-state index contributed by atoms with van der Waals surface area (Å²) in [5, 5.41) is 13.2. The highest BCUT2D eigenvalue weighted by atomic mass is 32.1. The van der Waals surface area contributed by atoms with Crippen LogP contribution in [0.3, 0.4) is 0 Å². The number of hydrogen-bond donors (Lipinski definition) is 1. The summed E-state index contributed by atoms with van der Waals surface area (Å²) in [5.74, 6) is 0.691. The Bertz CT molecular complexity index is 1100. The van der Waals surface area contributed by atoms with E-state index in [4.69, 9.17) is 9.15 Å². The summed E-state index contributed by atoms with van der Waals surface area (Å²) in [4.78, 5) is 24.2. The first kappa shape index (κ1) is 16.4. The molecule has 2 aliphatic carbocycles. The lowest BCUT2D eigenvalue weighted by Crippen LogP contribution is -2.20. The summed E-state index contributed by atoms with van der Waals surface area (Å²) in [6.45, 7) is -0.154. The zero-order valence-corrected chi connectivity index (χ0v) is 15.3. The van der Waals surface area contributed by atoms with Crippen molar-refractivity contribution in [1.29, 1.82) is 0 Å². The molecule has 2 aromatic heterocycles. The fraction of sp³-hybridized carbons (Fsp3) is 0.368. The van der Waals surface area contributed by atoms with Crippen LogP contribution < -0.4 is 15.7 Å². The number of benzene rings is 1. The summed E-state index contributed by atoms with van der Waals surface area (Å²) in [6, 6.07) is 5.35. The second kappa shape index (κ2) is 6.45. The largest absolute Gasteiger partial charge is 0.484 e. The lowest BCUT2D eigenvalue weighted by atomic mass is 10.1. The quantitative estimate of drug-likeness (QED) is 0.681. The molecular formula is C19H17N3O4S. The Balaban J connectivity index is 1.27. The molecule has 0 saturated heterocycles. The molecule has 0 radical (unpaired) electrons. The number of carbonyl (C=O) groups excluding carboxylic acids is 1. The van der Waals surface area contributed by atoms with E-state index in [0.717, 1.165) is 53.6 Å². The van der Waals surface area contributed by atoms with Crippen LogP contribution in [0.15, 0.2) is 27.4 Å². The van der Waals surface area contributed by atoms with E-state index in [-0.39, 0.29) is 18.1 Å². The SMILES string of the molecule is O=C(COc1ccc2c3c(c(=O)oc2c1)CCC3)Nc1nnc(C2CC2)s1. The molecule has 0 unspecified atom stereocenters. The number of nitrogens with zero attached hydrogens (tertiary/aromatic N) is 2. The van der Waals surface area contributed by atoms with Gasteiger partial charge < -0.3 is 9.15 Å². The molecule has 2 heterocycles. The maximum Gasteiger partial charge on any atom is 0.339 e. The Morgan fingerprint density at radius 1 is 1.26 bits per heavy atom. The second-order valence-electron chi connectivity index (χ2n) is 6.91. The number of amides is 1. The summed E-state index contributed by atoms with van der Waals surface area (Å²) < 4.78 is 11.0. The van der Waals surface area contributed by atoms with Gasteiger partial charge in [-0.15, -0.1) is 10.2 Å². The molecule has 5 rings (SSSR count). The third-order valence-electron chi connectivity index (χ3n) is 4.93. The molecule has 8 heteroatoms. The van der Waals surface area contributed by atoms with Gasteiger partial charge in [-0.2, -0.15) is 0 Å². The van der Waals surface area contributed by atoms with E-state index >= 15 is 0 Å². The topological polar surface area (TPSA) is 94.3 Å². The van der Waals surface area contributed by atoms with Gasteiger partial charge in [0.05, 0.1) is 0 Å². The molecule has 3 aromatic rings. The minimum atomic E-state index is -0.302. The Labute approximate surface area is 158 Å². The highest BCUT2D eigenvalue weighted by Crippen LogP contribution is 2.42. The first-order valence-electron chi connectivity index (χ1n) is 9.02. The maximum absolute atomic E-state index is 12.1. The van der Waals surface area contributed by atoms with Crippen molar-refractivity contribution < 1.29 is 13.9 Å². The molecular weight excluding hydrogens is 366 g/mol. The maximum atomic E-state index is 12.1. The van der Waals surface area contributed by atoms with Crippen molar-refractivity contribution in [3.8, 4) is 5.75 Å². The van der Waals surface area contributed by atoms with Gasteiger partial charge in [-0.25, -0.2) is 4.79 Å². The minimum Gasteiger partial charge on any atom is -0.484 e. The molecule has 1 amide bonds. The number of rotatable bonds is 5. The van der Waals surface area contributed by atoms with Crippen LogP contribution in [0.4, 0.5) is 5.13 Å². The number of hydrogen-bond acceptors (Lipinski definition) is 7. The monoisotopic (exact) mass is 383 g/mol. The Hall–Kier alpha value is -2.74. The fourth-order valence-electron chi connectivity index (χ4n) is 3.44. The number of ether oxygens (including phenoxy) is 1. The average molecular weight is 383 g/mol. The van der Waals surface area contributed by atoms with Gasteiger partial charge in [0.1, 0.15) is 16.3 Å². The number of nitrogens with one attached hydrogen (secondary N) is 1. The Kier molecular flexibility index (Phi) is 3.93. The van der Waals surface area contributed by atoms with Gasteiger partial charge in [0.2, 0.25) is 5.13 Å². The molecule has 138 valence electrons. The van der Waals surface area contributed by atoms with E-state index < -0.39 is 0 Å².